The second-order valence-corrected chi connectivity index (χ2v) is 4.30. The molecule has 0 atom stereocenters. The Morgan fingerprint density at radius 3 is 2.94 bits per heavy atom. The van der Waals surface area contributed by atoms with Gasteiger partial charge in [0.15, 0.2) is 0 Å². The van der Waals surface area contributed by atoms with Gasteiger partial charge in [-0.3, -0.25) is 9.48 Å². The highest BCUT2D eigenvalue weighted by molar-refractivity contribution is 5.82. The van der Waals surface area contributed by atoms with Crippen LogP contribution in [0.5, 0.6) is 0 Å². The average Bonchev–Trinajstić information content (AvgIpc) is 2.66. The smallest absolute Gasteiger partial charge is 0.144 e. The van der Waals surface area contributed by atoms with Gasteiger partial charge in [-0.2, -0.15) is 5.10 Å². The highest BCUT2D eigenvalue weighted by Crippen LogP contribution is 2.20. The SMILES string of the molecule is Cn1ncnc1CC(=O)CC1=CCCCC1. The van der Waals surface area contributed by atoms with Gasteiger partial charge in [-0.25, -0.2) is 4.98 Å². The van der Waals surface area contributed by atoms with Crippen LogP contribution in [0.1, 0.15) is 37.9 Å². The van der Waals surface area contributed by atoms with Crippen molar-refractivity contribution < 1.29 is 4.79 Å². The van der Waals surface area contributed by atoms with E-state index in [1.807, 2.05) is 7.05 Å². The van der Waals surface area contributed by atoms with Crippen molar-refractivity contribution in [2.24, 2.45) is 7.05 Å². The summed E-state index contributed by atoms with van der Waals surface area (Å²) in [5.41, 5.74) is 1.30. The molecule has 0 spiro atoms. The zero-order chi connectivity index (χ0) is 11.4. The van der Waals surface area contributed by atoms with Crippen LogP contribution in [0.15, 0.2) is 18.0 Å². The summed E-state index contributed by atoms with van der Waals surface area (Å²) >= 11 is 0. The Kier molecular flexibility index (Phi) is 3.49. The number of carbonyl (C=O) groups is 1. The molecule has 16 heavy (non-hydrogen) atoms. The summed E-state index contributed by atoms with van der Waals surface area (Å²) in [7, 11) is 1.81. The molecular weight excluding hydrogens is 202 g/mol. The molecular formula is C12H17N3O. The first kappa shape index (κ1) is 11.0. The molecule has 0 fully saturated rings. The van der Waals surface area contributed by atoms with E-state index in [9.17, 15) is 4.79 Å². The highest BCUT2D eigenvalue weighted by atomic mass is 16.1. The maximum absolute atomic E-state index is 11.8. The van der Waals surface area contributed by atoms with Crippen molar-refractivity contribution in [2.45, 2.75) is 38.5 Å². The first-order chi connectivity index (χ1) is 7.75. The van der Waals surface area contributed by atoms with Crippen molar-refractivity contribution in [3.05, 3.63) is 23.8 Å². The number of nitrogens with zero attached hydrogens (tertiary/aromatic N) is 3. The van der Waals surface area contributed by atoms with E-state index < -0.39 is 0 Å². The number of hydrogen-bond donors (Lipinski definition) is 0. The molecule has 4 nitrogen and oxygen atoms in total. The van der Waals surface area contributed by atoms with E-state index in [0.717, 1.165) is 18.7 Å². The molecule has 1 aromatic heterocycles. The highest BCUT2D eigenvalue weighted by Gasteiger charge is 2.12. The normalized spacial score (nSPS) is 15.9. The molecule has 4 heteroatoms. The number of aromatic nitrogens is 3. The molecule has 2 rings (SSSR count). The van der Waals surface area contributed by atoms with E-state index in [4.69, 9.17) is 0 Å². The van der Waals surface area contributed by atoms with Crippen LogP contribution in [-0.2, 0) is 18.3 Å². The van der Waals surface area contributed by atoms with Crippen LogP contribution in [0.25, 0.3) is 0 Å². The molecule has 0 radical (unpaired) electrons. The summed E-state index contributed by atoms with van der Waals surface area (Å²) < 4.78 is 1.66. The van der Waals surface area contributed by atoms with Crippen molar-refractivity contribution >= 4 is 5.78 Å². The van der Waals surface area contributed by atoms with Gasteiger partial charge in [0.25, 0.3) is 0 Å². The standard InChI is InChI=1S/C12H17N3O/c1-15-12(13-9-14-15)8-11(16)7-10-5-3-2-4-6-10/h5,9H,2-4,6-8H2,1H3. The van der Waals surface area contributed by atoms with Crippen LogP contribution >= 0.6 is 0 Å². The molecule has 0 saturated carbocycles. The van der Waals surface area contributed by atoms with Crippen LogP contribution < -0.4 is 0 Å². The first-order valence-electron chi connectivity index (χ1n) is 5.78. The van der Waals surface area contributed by atoms with Crippen LogP contribution in [-0.4, -0.2) is 20.5 Å². The van der Waals surface area contributed by atoms with E-state index in [0.29, 0.717) is 12.8 Å². The monoisotopic (exact) mass is 219 g/mol. The number of Topliss-reactive ketones (excluding diaryl/α,β-unsaturated/α-hetero) is 1. The number of carbonyl (C=O) groups excluding carboxylic acids is 1. The van der Waals surface area contributed by atoms with Crippen LogP contribution in [0.2, 0.25) is 0 Å². The zero-order valence-electron chi connectivity index (χ0n) is 9.65. The second kappa shape index (κ2) is 5.05. The first-order valence-corrected chi connectivity index (χ1v) is 5.78. The molecule has 0 N–H and O–H groups in total. The van der Waals surface area contributed by atoms with Crippen molar-refractivity contribution in [1.29, 1.82) is 0 Å². The van der Waals surface area contributed by atoms with E-state index in [-0.39, 0.29) is 5.78 Å². The molecule has 0 unspecified atom stereocenters. The minimum atomic E-state index is 0.240. The molecule has 1 aliphatic rings. The van der Waals surface area contributed by atoms with Crippen LogP contribution in [0.4, 0.5) is 0 Å². The lowest BCUT2D eigenvalue weighted by Gasteiger charge is -2.11. The summed E-state index contributed by atoms with van der Waals surface area (Å²) in [6.07, 6.45) is 9.41. The molecule has 0 amide bonds. The van der Waals surface area contributed by atoms with E-state index >= 15 is 0 Å². The van der Waals surface area contributed by atoms with Crippen molar-refractivity contribution in [2.75, 3.05) is 0 Å². The lowest BCUT2D eigenvalue weighted by atomic mass is 9.95. The summed E-state index contributed by atoms with van der Waals surface area (Å²) in [4.78, 5) is 15.9. The summed E-state index contributed by atoms with van der Waals surface area (Å²) in [6, 6.07) is 0. The molecule has 0 aromatic carbocycles. The Morgan fingerprint density at radius 1 is 1.44 bits per heavy atom. The molecule has 0 aliphatic heterocycles. The van der Waals surface area contributed by atoms with Gasteiger partial charge in [0, 0.05) is 13.5 Å². The van der Waals surface area contributed by atoms with Gasteiger partial charge in [0.2, 0.25) is 0 Å². The largest absolute Gasteiger partial charge is 0.299 e. The number of allylic oxidation sites excluding steroid dienone is 2. The molecule has 0 saturated heterocycles. The van der Waals surface area contributed by atoms with Crippen LogP contribution in [0, 0.1) is 0 Å². The van der Waals surface area contributed by atoms with E-state index in [1.54, 1.807) is 4.68 Å². The van der Waals surface area contributed by atoms with Gasteiger partial charge in [-0.15, -0.1) is 0 Å². The molecule has 1 aliphatic carbocycles. The number of hydrogen-bond acceptors (Lipinski definition) is 3. The van der Waals surface area contributed by atoms with Crippen molar-refractivity contribution in [3.63, 3.8) is 0 Å². The van der Waals surface area contributed by atoms with Gasteiger partial charge in [0.05, 0.1) is 6.42 Å². The van der Waals surface area contributed by atoms with Gasteiger partial charge in [0.1, 0.15) is 17.9 Å². The average molecular weight is 219 g/mol. The molecule has 1 aromatic rings. The number of aryl methyl sites for hydroxylation is 1. The number of rotatable bonds is 4. The van der Waals surface area contributed by atoms with Crippen molar-refractivity contribution in [3.8, 4) is 0 Å². The topological polar surface area (TPSA) is 47.8 Å². The van der Waals surface area contributed by atoms with E-state index in [1.165, 1.54) is 24.7 Å². The predicted octanol–water partition coefficient (Wildman–Crippen LogP) is 1.82. The third kappa shape index (κ3) is 2.78. The van der Waals surface area contributed by atoms with Crippen LogP contribution in [0.3, 0.4) is 0 Å². The Morgan fingerprint density at radius 2 is 2.31 bits per heavy atom. The van der Waals surface area contributed by atoms with Gasteiger partial charge >= 0.3 is 0 Å². The Balaban J connectivity index is 1.89. The van der Waals surface area contributed by atoms with Gasteiger partial charge < -0.3 is 0 Å². The minimum Gasteiger partial charge on any atom is -0.299 e. The Labute approximate surface area is 95.4 Å². The fourth-order valence-corrected chi connectivity index (χ4v) is 2.04. The molecule has 86 valence electrons. The van der Waals surface area contributed by atoms with Gasteiger partial charge in [-0.1, -0.05) is 11.6 Å². The molecule has 0 bridgehead atoms. The number of ketones is 1. The third-order valence-corrected chi connectivity index (χ3v) is 2.97. The lowest BCUT2D eigenvalue weighted by Crippen LogP contribution is -2.10. The third-order valence-electron chi connectivity index (χ3n) is 2.97. The quantitative estimate of drug-likeness (QED) is 0.726. The fourth-order valence-electron chi connectivity index (χ4n) is 2.04. The summed E-state index contributed by atoms with van der Waals surface area (Å²) in [5, 5.41) is 3.96. The minimum absolute atomic E-state index is 0.240. The predicted molar refractivity (Wildman–Crippen MR) is 60.9 cm³/mol. The maximum Gasteiger partial charge on any atom is 0.144 e. The van der Waals surface area contributed by atoms with Crippen molar-refractivity contribution in [1.82, 2.24) is 14.8 Å². The lowest BCUT2D eigenvalue weighted by molar-refractivity contribution is -0.118. The van der Waals surface area contributed by atoms with E-state index in [2.05, 4.69) is 16.2 Å². The fraction of sp³-hybridized carbons (Fsp3) is 0.583. The molecule has 1 heterocycles. The van der Waals surface area contributed by atoms with Gasteiger partial charge in [-0.05, 0) is 25.7 Å². The Bertz CT molecular complexity index is 406. The summed E-state index contributed by atoms with van der Waals surface area (Å²) in [6.45, 7) is 0. The Hall–Kier alpha value is -1.45. The summed E-state index contributed by atoms with van der Waals surface area (Å²) in [5.74, 6) is 0.991. The second-order valence-electron chi connectivity index (χ2n) is 4.30. The maximum atomic E-state index is 11.8. The zero-order valence-corrected chi connectivity index (χ0v) is 9.65.